The number of benzene rings is 2. The molecule has 5 nitrogen and oxygen atoms in total. The molecular formula is C21H23N4OS+. The van der Waals surface area contributed by atoms with Crippen LogP contribution in [0.1, 0.15) is 29.8 Å². The van der Waals surface area contributed by atoms with Gasteiger partial charge in [0.2, 0.25) is 0 Å². The Balaban J connectivity index is 1.92. The fourth-order valence-corrected chi connectivity index (χ4v) is 3.97. The summed E-state index contributed by atoms with van der Waals surface area (Å²) in [7, 11) is 0. The maximum atomic E-state index is 13.2. The van der Waals surface area contributed by atoms with E-state index in [1.54, 1.807) is 29.2 Å². The molecule has 6 heteroatoms. The number of nitriles is 1. The number of thiazole rings is 1. The number of quaternary nitrogens is 1. The van der Waals surface area contributed by atoms with Crippen molar-refractivity contribution < 1.29 is 9.69 Å². The molecule has 2 aromatic carbocycles. The highest BCUT2D eigenvalue weighted by molar-refractivity contribution is 7.22. The Bertz CT molecular complexity index is 921. The number of fused-ring (bicyclic) bond motifs is 1. The molecule has 0 aliphatic heterocycles. The number of para-hydroxylation sites is 1. The minimum Gasteiger partial charge on any atom is -0.334 e. The molecule has 0 fully saturated rings. The van der Waals surface area contributed by atoms with E-state index in [0.717, 1.165) is 35.0 Å². The van der Waals surface area contributed by atoms with Crippen LogP contribution in [0, 0.1) is 11.3 Å². The number of rotatable bonds is 7. The molecule has 0 atom stereocenters. The van der Waals surface area contributed by atoms with Crippen LogP contribution >= 0.6 is 11.3 Å². The molecule has 3 rings (SSSR count). The molecule has 1 heterocycles. The van der Waals surface area contributed by atoms with Crippen molar-refractivity contribution in [3.8, 4) is 6.07 Å². The standard InChI is InChI=1S/C21H22N4OS/c1-3-24(4-2)13-14-25(20(26)17-11-9-16(15-22)10-12-17)21-23-18-7-5-6-8-19(18)27-21/h5-12H,3-4,13-14H2,1-2H3/p+1. The monoisotopic (exact) mass is 379 g/mol. The highest BCUT2D eigenvalue weighted by atomic mass is 32.1. The van der Waals surface area contributed by atoms with E-state index in [1.807, 2.05) is 24.3 Å². The van der Waals surface area contributed by atoms with Gasteiger partial charge in [-0.2, -0.15) is 5.26 Å². The lowest BCUT2D eigenvalue weighted by Crippen LogP contribution is -3.12. The second kappa shape index (κ2) is 8.76. The lowest BCUT2D eigenvalue weighted by atomic mass is 10.1. The maximum absolute atomic E-state index is 13.2. The van der Waals surface area contributed by atoms with E-state index in [1.165, 1.54) is 16.2 Å². The first-order valence-corrected chi connectivity index (χ1v) is 9.99. The third-order valence-corrected chi connectivity index (χ3v) is 5.77. The van der Waals surface area contributed by atoms with Crippen molar-refractivity contribution >= 4 is 32.6 Å². The number of anilines is 1. The van der Waals surface area contributed by atoms with E-state index < -0.39 is 0 Å². The van der Waals surface area contributed by atoms with Crippen molar-refractivity contribution in [2.75, 3.05) is 31.1 Å². The Morgan fingerprint density at radius 3 is 2.48 bits per heavy atom. The topological polar surface area (TPSA) is 61.4 Å². The predicted molar refractivity (Wildman–Crippen MR) is 109 cm³/mol. The summed E-state index contributed by atoms with van der Waals surface area (Å²) in [5, 5.41) is 9.70. The zero-order valence-electron chi connectivity index (χ0n) is 15.6. The predicted octanol–water partition coefficient (Wildman–Crippen LogP) is 2.74. The van der Waals surface area contributed by atoms with E-state index in [0.29, 0.717) is 17.7 Å². The van der Waals surface area contributed by atoms with Crippen molar-refractivity contribution in [1.29, 1.82) is 5.26 Å². The van der Waals surface area contributed by atoms with E-state index in [9.17, 15) is 4.79 Å². The zero-order chi connectivity index (χ0) is 19.2. The summed E-state index contributed by atoms with van der Waals surface area (Å²) >= 11 is 1.54. The maximum Gasteiger partial charge on any atom is 0.260 e. The first kappa shape index (κ1) is 19.0. The van der Waals surface area contributed by atoms with E-state index in [-0.39, 0.29) is 5.91 Å². The van der Waals surface area contributed by atoms with E-state index in [2.05, 4.69) is 24.9 Å². The summed E-state index contributed by atoms with van der Waals surface area (Å²) in [5.41, 5.74) is 2.03. The summed E-state index contributed by atoms with van der Waals surface area (Å²) < 4.78 is 1.07. The average molecular weight is 380 g/mol. The van der Waals surface area contributed by atoms with Gasteiger partial charge in [0.05, 0.1) is 48.0 Å². The molecular weight excluding hydrogens is 356 g/mol. The fourth-order valence-electron chi connectivity index (χ4n) is 2.98. The SMILES string of the molecule is CC[NH+](CC)CCN(C(=O)c1ccc(C#N)cc1)c1nc2ccccc2s1. The van der Waals surface area contributed by atoms with Crippen LogP contribution in [0.5, 0.6) is 0 Å². The van der Waals surface area contributed by atoms with Gasteiger partial charge in [0.1, 0.15) is 0 Å². The largest absolute Gasteiger partial charge is 0.334 e. The second-order valence-corrected chi connectivity index (χ2v) is 7.33. The van der Waals surface area contributed by atoms with E-state index >= 15 is 0 Å². The Morgan fingerprint density at radius 2 is 1.85 bits per heavy atom. The third-order valence-electron chi connectivity index (χ3n) is 4.71. The Morgan fingerprint density at radius 1 is 1.15 bits per heavy atom. The van der Waals surface area contributed by atoms with Crippen LogP contribution < -0.4 is 9.80 Å². The van der Waals surface area contributed by atoms with Gasteiger partial charge in [0.15, 0.2) is 5.13 Å². The van der Waals surface area contributed by atoms with Gasteiger partial charge in [0.25, 0.3) is 5.91 Å². The first-order chi connectivity index (χ1) is 13.2. The molecule has 0 saturated carbocycles. The smallest absolute Gasteiger partial charge is 0.260 e. The Hall–Kier alpha value is -2.75. The number of likely N-dealkylation sites (N-methyl/N-ethyl adjacent to an activating group) is 1. The Labute approximate surface area is 163 Å². The highest BCUT2D eigenvalue weighted by Crippen LogP contribution is 2.29. The van der Waals surface area contributed by atoms with Crippen LogP contribution in [-0.4, -0.2) is 37.1 Å². The molecule has 0 saturated heterocycles. The Kier molecular flexibility index (Phi) is 6.17. The molecule has 1 N–H and O–H groups in total. The molecule has 0 spiro atoms. The highest BCUT2D eigenvalue weighted by Gasteiger charge is 2.22. The minimum atomic E-state index is -0.0786. The van der Waals surface area contributed by atoms with Crippen LogP contribution in [-0.2, 0) is 0 Å². The van der Waals surface area contributed by atoms with Gasteiger partial charge >= 0.3 is 0 Å². The van der Waals surface area contributed by atoms with Crippen LogP contribution in [0.25, 0.3) is 10.2 Å². The summed E-state index contributed by atoms with van der Waals surface area (Å²) in [6.45, 7) is 7.83. The molecule has 3 aromatic rings. The molecule has 0 radical (unpaired) electrons. The molecule has 1 amide bonds. The van der Waals surface area contributed by atoms with Gasteiger partial charge in [0, 0.05) is 5.56 Å². The van der Waals surface area contributed by atoms with Crippen molar-refractivity contribution in [2.24, 2.45) is 0 Å². The molecule has 27 heavy (non-hydrogen) atoms. The van der Waals surface area contributed by atoms with Crippen molar-refractivity contribution in [3.63, 3.8) is 0 Å². The molecule has 0 bridgehead atoms. The van der Waals surface area contributed by atoms with Crippen LogP contribution in [0.3, 0.4) is 0 Å². The van der Waals surface area contributed by atoms with Gasteiger partial charge in [-0.1, -0.05) is 23.5 Å². The van der Waals surface area contributed by atoms with Crippen LogP contribution in [0.2, 0.25) is 0 Å². The second-order valence-electron chi connectivity index (χ2n) is 6.32. The first-order valence-electron chi connectivity index (χ1n) is 9.17. The number of nitrogens with zero attached hydrogens (tertiary/aromatic N) is 3. The average Bonchev–Trinajstić information content (AvgIpc) is 3.14. The van der Waals surface area contributed by atoms with Crippen molar-refractivity contribution in [2.45, 2.75) is 13.8 Å². The molecule has 0 unspecified atom stereocenters. The molecule has 0 aliphatic rings. The number of carbonyl (C=O) groups is 1. The third kappa shape index (κ3) is 4.33. The van der Waals surface area contributed by atoms with Gasteiger partial charge in [-0.25, -0.2) is 4.98 Å². The van der Waals surface area contributed by atoms with Gasteiger partial charge in [-0.05, 0) is 50.2 Å². The fraction of sp³-hybridized carbons (Fsp3) is 0.286. The zero-order valence-corrected chi connectivity index (χ0v) is 16.4. The van der Waals surface area contributed by atoms with Crippen molar-refractivity contribution in [3.05, 3.63) is 59.7 Å². The summed E-state index contributed by atoms with van der Waals surface area (Å²) in [4.78, 5) is 21.1. The lowest BCUT2D eigenvalue weighted by molar-refractivity contribution is -0.894. The van der Waals surface area contributed by atoms with Gasteiger partial charge in [-0.15, -0.1) is 0 Å². The molecule has 1 aromatic heterocycles. The van der Waals surface area contributed by atoms with Crippen LogP contribution in [0.15, 0.2) is 48.5 Å². The number of aromatic nitrogens is 1. The summed E-state index contributed by atoms with van der Waals surface area (Å²) in [6, 6.07) is 16.8. The van der Waals surface area contributed by atoms with Crippen LogP contribution in [0.4, 0.5) is 5.13 Å². The minimum absolute atomic E-state index is 0.0786. The summed E-state index contributed by atoms with van der Waals surface area (Å²) in [5.74, 6) is -0.0786. The number of hydrogen-bond donors (Lipinski definition) is 1. The van der Waals surface area contributed by atoms with E-state index in [4.69, 9.17) is 5.26 Å². The van der Waals surface area contributed by atoms with Gasteiger partial charge in [-0.3, -0.25) is 9.69 Å². The van der Waals surface area contributed by atoms with Gasteiger partial charge < -0.3 is 4.90 Å². The number of nitrogens with one attached hydrogen (secondary N) is 1. The molecule has 0 aliphatic carbocycles. The quantitative estimate of drug-likeness (QED) is 0.687. The molecule has 138 valence electrons. The lowest BCUT2D eigenvalue weighted by Gasteiger charge is -2.23. The number of carbonyl (C=O) groups excluding carboxylic acids is 1. The van der Waals surface area contributed by atoms with Crippen molar-refractivity contribution in [1.82, 2.24) is 4.98 Å². The number of amides is 1. The summed E-state index contributed by atoms with van der Waals surface area (Å²) in [6.07, 6.45) is 0. The number of hydrogen-bond acceptors (Lipinski definition) is 4. The normalized spacial score (nSPS) is 10.9.